The first-order valence-corrected chi connectivity index (χ1v) is 5.66. The highest BCUT2D eigenvalue weighted by Crippen LogP contribution is 2.31. The molecule has 0 amide bonds. The summed E-state index contributed by atoms with van der Waals surface area (Å²) in [5, 5.41) is 18.5. The van der Waals surface area contributed by atoms with Gasteiger partial charge in [0.2, 0.25) is 0 Å². The van der Waals surface area contributed by atoms with Gasteiger partial charge in [-0.3, -0.25) is 10.1 Å². The van der Waals surface area contributed by atoms with E-state index in [1.807, 2.05) is 4.57 Å². The van der Waals surface area contributed by atoms with Crippen LogP contribution in [0.3, 0.4) is 0 Å². The van der Waals surface area contributed by atoms with Gasteiger partial charge in [0.25, 0.3) is 0 Å². The summed E-state index contributed by atoms with van der Waals surface area (Å²) >= 11 is 1.12. The van der Waals surface area contributed by atoms with Crippen molar-refractivity contribution in [3.63, 3.8) is 0 Å². The first-order valence-electron chi connectivity index (χ1n) is 4.84. The Morgan fingerprint density at radius 1 is 1.56 bits per heavy atom. The molecule has 0 unspecified atom stereocenters. The molecule has 0 aliphatic heterocycles. The predicted molar refractivity (Wildman–Crippen MR) is 60.3 cm³/mol. The number of thiophene rings is 1. The Morgan fingerprint density at radius 2 is 2.38 bits per heavy atom. The largest absolute Gasteiger partial charge is 0.324 e. The molecule has 0 saturated heterocycles. The van der Waals surface area contributed by atoms with Crippen LogP contribution >= 0.6 is 11.3 Å². The maximum Gasteiger partial charge on any atom is 0.324 e. The van der Waals surface area contributed by atoms with Crippen molar-refractivity contribution in [2.75, 3.05) is 0 Å². The van der Waals surface area contributed by atoms with Crippen LogP contribution in [0.5, 0.6) is 0 Å². The average molecular weight is 238 g/mol. The van der Waals surface area contributed by atoms with Gasteiger partial charge in [0, 0.05) is 12.6 Å². The minimum Gasteiger partial charge on any atom is -0.313 e. The maximum absolute atomic E-state index is 10.6. The lowest BCUT2D eigenvalue weighted by molar-refractivity contribution is -0.380. The standard InChI is InChI=1S/C9H10N4O2S/c1-2-5-12-6-10-11-9(12)7-3-4-8(16-7)13(14)15/h3-4,6H,2,5H2,1H3. The van der Waals surface area contributed by atoms with Gasteiger partial charge < -0.3 is 4.57 Å². The lowest BCUT2D eigenvalue weighted by Gasteiger charge is -2.00. The summed E-state index contributed by atoms with van der Waals surface area (Å²) in [4.78, 5) is 10.9. The molecule has 0 aliphatic rings. The molecule has 0 radical (unpaired) electrons. The lowest BCUT2D eigenvalue weighted by atomic mass is 10.4. The molecule has 0 fully saturated rings. The Hall–Kier alpha value is -1.76. The van der Waals surface area contributed by atoms with E-state index in [0.29, 0.717) is 5.82 Å². The molecule has 0 aromatic carbocycles. The van der Waals surface area contributed by atoms with Gasteiger partial charge in [-0.25, -0.2) is 0 Å². The molecule has 0 aliphatic carbocycles. The number of rotatable bonds is 4. The Morgan fingerprint density at radius 3 is 3.00 bits per heavy atom. The van der Waals surface area contributed by atoms with Gasteiger partial charge in [0.05, 0.1) is 9.80 Å². The Bertz CT molecular complexity index is 505. The highest BCUT2D eigenvalue weighted by Gasteiger charge is 2.14. The summed E-state index contributed by atoms with van der Waals surface area (Å²) in [5.74, 6) is 0.694. The predicted octanol–water partition coefficient (Wildman–Crippen LogP) is 2.32. The average Bonchev–Trinajstić information content (AvgIpc) is 2.84. The third kappa shape index (κ3) is 1.94. The molecule has 2 aromatic heterocycles. The minimum atomic E-state index is -0.394. The number of nitrogens with zero attached hydrogens (tertiary/aromatic N) is 4. The van der Waals surface area contributed by atoms with Crippen LogP contribution in [0, 0.1) is 10.1 Å². The molecule has 6 nitrogen and oxygen atoms in total. The number of nitro groups is 1. The third-order valence-corrected chi connectivity index (χ3v) is 3.11. The van der Waals surface area contributed by atoms with Crippen molar-refractivity contribution < 1.29 is 4.92 Å². The molecule has 0 spiro atoms. The Balaban J connectivity index is 2.34. The molecule has 2 aromatic rings. The first-order chi connectivity index (χ1) is 7.72. The quantitative estimate of drug-likeness (QED) is 0.605. The van der Waals surface area contributed by atoms with E-state index in [2.05, 4.69) is 17.1 Å². The van der Waals surface area contributed by atoms with Crippen molar-refractivity contribution in [3.05, 3.63) is 28.6 Å². The number of hydrogen-bond donors (Lipinski definition) is 0. The van der Waals surface area contributed by atoms with Crippen LogP contribution in [0.2, 0.25) is 0 Å². The molecular weight excluding hydrogens is 228 g/mol. The van der Waals surface area contributed by atoms with Crippen molar-refractivity contribution in [1.29, 1.82) is 0 Å². The van der Waals surface area contributed by atoms with E-state index >= 15 is 0 Å². The van der Waals surface area contributed by atoms with Crippen LogP contribution < -0.4 is 0 Å². The van der Waals surface area contributed by atoms with Crippen LogP contribution in [0.15, 0.2) is 18.5 Å². The molecule has 16 heavy (non-hydrogen) atoms. The van der Waals surface area contributed by atoms with E-state index in [9.17, 15) is 10.1 Å². The van der Waals surface area contributed by atoms with Crippen LogP contribution in [-0.2, 0) is 6.54 Å². The van der Waals surface area contributed by atoms with E-state index in [-0.39, 0.29) is 5.00 Å². The summed E-state index contributed by atoms with van der Waals surface area (Å²) in [6, 6.07) is 3.20. The van der Waals surface area contributed by atoms with Gasteiger partial charge in [-0.15, -0.1) is 10.2 Å². The second-order valence-corrected chi connectivity index (χ2v) is 4.31. The van der Waals surface area contributed by atoms with Gasteiger partial charge in [-0.05, 0) is 12.5 Å². The maximum atomic E-state index is 10.6. The van der Waals surface area contributed by atoms with E-state index in [1.54, 1.807) is 12.4 Å². The zero-order valence-corrected chi connectivity index (χ0v) is 9.48. The fourth-order valence-corrected chi connectivity index (χ4v) is 2.22. The summed E-state index contributed by atoms with van der Waals surface area (Å²) in [6.07, 6.45) is 2.61. The summed E-state index contributed by atoms with van der Waals surface area (Å²) < 4.78 is 1.90. The lowest BCUT2D eigenvalue weighted by Crippen LogP contribution is -1.96. The molecule has 0 bridgehead atoms. The number of aromatic nitrogens is 3. The van der Waals surface area contributed by atoms with E-state index in [4.69, 9.17) is 0 Å². The normalized spacial score (nSPS) is 10.6. The smallest absolute Gasteiger partial charge is 0.313 e. The fraction of sp³-hybridized carbons (Fsp3) is 0.333. The SMILES string of the molecule is CCCn1cnnc1-c1ccc([N+](=O)[O-])s1. The van der Waals surface area contributed by atoms with Crippen molar-refractivity contribution in [2.24, 2.45) is 0 Å². The van der Waals surface area contributed by atoms with Crippen molar-refractivity contribution in [2.45, 2.75) is 19.9 Å². The topological polar surface area (TPSA) is 73.8 Å². The Labute approximate surface area is 95.7 Å². The summed E-state index contributed by atoms with van der Waals surface area (Å²) in [6.45, 7) is 2.87. The second-order valence-electron chi connectivity index (χ2n) is 3.24. The monoisotopic (exact) mass is 238 g/mol. The Kier molecular flexibility index (Phi) is 2.95. The molecule has 0 atom stereocenters. The number of hydrogen-bond acceptors (Lipinski definition) is 5. The molecule has 2 heterocycles. The van der Waals surface area contributed by atoms with E-state index in [1.165, 1.54) is 6.07 Å². The van der Waals surface area contributed by atoms with Gasteiger partial charge in [-0.2, -0.15) is 0 Å². The zero-order chi connectivity index (χ0) is 11.5. The highest BCUT2D eigenvalue weighted by atomic mass is 32.1. The van der Waals surface area contributed by atoms with Crippen LogP contribution in [0.4, 0.5) is 5.00 Å². The molecule has 7 heteroatoms. The van der Waals surface area contributed by atoms with Crippen molar-refractivity contribution in [3.8, 4) is 10.7 Å². The van der Waals surface area contributed by atoms with Gasteiger partial charge in [0.1, 0.15) is 6.33 Å². The van der Waals surface area contributed by atoms with Crippen LogP contribution in [-0.4, -0.2) is 19.7 Å². The molecular formula is C9H10N4O2S. The molecule has 84 valence electrons. The van der Waals surface area contributed by atoms with Crippen LogP contribution in [0.1, 0.15) is 13.3 Å². The van der Waals surface area contributed by atoms with Crippen molar-refractivity contribution in [1.82, 2.24) is 14.8 Å². The van der Waals surface area contributed by atoms with Gasteiger partial charge in [0.15, 0.2) is 5.82 Å². The van der Waals surface area contributed by atoms with Gasteiger partial charge in [-0.1, -0.05) is 18.3 Å². The summed E-state index contributed by atoms with van der Waals surface area (Å²) in [5.41, 5.74) is 0. The first kappa shape index (κ1) is 10.7. The van der Waals surface area contributed by atoms with E-state index < -0.39 is 4.92 Å². The fourth-order valence-electron chi connectivity index (χ4n) is 1.40. The van der Waals surface area contributed by atoms with Crippen LogP contribution in [0.25, 0.3) is 10.7 Å². The third-order valence-electron chi connectivity index (χ3n) is 2.07. The minimum absolute atomic E-state index is 0.126. The van der Waals surface area contributed by atoms with Gasteiger partial charge >= 0.3 is 5.00 Å². The molecule has 0 saturated carbocycles. The number of aryl methyl sites for hydroxylation is 1. The highest BCUT2D eigenvalue weighted by molar-refractivity contribution is 7.18. The molecule has 2 rings (SSSR count). The molecule has 0 N–H and O–H groups in total. The van der Waals surface area contributed by atoms with E-state index in [0.717, 1.165) is 29.2 Å². The second kappa shape index (κ2) is 4.40. The summed E-state index contributed by atoms with van der Waals surface area (Å²) in [7, 11) is 0. The van der Waals surface area contributed by atoms with Crippen molar-refractivity contribution >= 4 is 16.3 Å². The zero-order valence-electron chi connectivity index (χ0n) is 8.66.